The summed E-state index contributed by atoms with van der Waals surface area (Å²) in [7, 11) is -1.80. The molecule has 0 amide bonds. The predicted molar refractivity (Wildman–Crippen MR) is 28.3 cm³/mol. The van der Waals surface area contributed by atoms with Crippen LogP contribution in [0.1, 0.15) is 0 Å². The van der Waals surface area contributed by atoms with Crippen LogP contribution in [0.25, 0.3) is 0 Å². The molecule has 0 N–H and O–H groups in total. The van der Waals surface area contributed by atoms with E-state index in [9.17, 15) is 13.2 Å². The highest BCUT2D eigenvalue weighted by Crippen LogP contribution is 1.76. The maximum Gasteiger partial charge on any atom is 0.333 e. The van der Waals surface area contributed by atoms with Crippen LogP contribution in [-0.4, -0.2) is 28.1 Å². The molecule has 0 aliphatic rings. The molecule has 0 aliphatic heterocycles. The summed E-state index contributed by atoms with van der Waals surface area (Å²) >= 11 is 0. The van der Waals surface area contributed by atoms with Crippen molar-refractivity contribution in [2.75, 3.05) is 13.7 Å². The van der Waals surface area contributed by atoms with Crippen molar-refractivity contribution in [2.45, 2.75) is 0 Å². The van der Waals surface area contributed by atoms with Crippen LogP contribution >= 0.6 is 0 Å². The fourth-order valence-electron chi connectivity index (χ4n) is 0.164. The standard InChI is InChI=1S/C3H6O5S/c1-7-3(4)2-8-9(5)6/h9H,2H2,1H3. The summed E-state index contributed by atoms with van der Waals surface area (Å²) in [4.78, 5) is 10.1. The van der Waals surface area contributed by atoms with Gasteiger partial charge >= 0.3 is 5.97 Å². The number of carbonyl (C=O) groups excluding carboxylic acids is 1. The second-order valence-corrected chi connectivity index (χ2v) is 1.78. The van der Waals surface area contributed by atoms with Crippen LogP contribution in [0, 0.1) is 0 Å². The molecule has 0 fully saturated rings. The molecule has 0 aromatic carbocycles. The van der Waals surface area contributed by atoms with Gasteiger partial charge in [-0.2, -0.15) is 0 Å². The van der Waals surface area contributed by atoms with Crippen molar-refractivity contribution in [3.63, 3.8) is 0 Å². The van der Waals surface area contributed by atoms with Crippen LogP contribution in [0.5, 0.6) is 0 Å². The molecule has 0 spiro atoms. The number of rotatable bonds is 3. The molecule has 0 aromatic heterocycles. The zero-order valence-corrected chi connectivity index (χ0v) is 5.59. The summed E-state index contributed by atoms with van der Waals surface area (Å²) in [6.45, 7) is -0.546. The third-order valence-electron chi connectivity index (χ3n) is 0.515. The van der Waals surface area contributed by atoms with Gasteiger partial charge in [-0.15, -0.1) is 0 Å². The molecule has 0 aromatic rings. The van der Waals surface area contributed by atoms with E-state index in [1.165, 1.54) is 0 Å². The van der Waals surface area contributed by atoms with Crippen molar-refractivity contribution in [1.29, 1.82) is 0 Å². The quantitative estimate of drug-likeness (QED) is 0.404. The first kappa shape index (κ1) is 8.38. The summed E-state index contributed by atoms with van der Waals surface area (Å²) in [5.41, 5.74) is 0. The Bertz CT molecular complexity index is 152. The normalized spacial score (nSPS) is 9.56. The van der Waals surface area contributed by atoms with Gasteiger partial charge in [0.25, 0.3) is 11.0 Å². The van der Waals surface area contributed by atoms with E-state index in [2.05, 4.69) is 8.92 Å². The first-order valence-electron chi connectivity index (χ1n) is 2.01. The fraction of sp³-hybridized carbons (Fsp3) is 0.667. The Morgan fingerprint density at radius 1 is 1.56 bits per heavy atom. The van der Waals surface area contributed by atoms with E-state index in [0.29, 0.717) is 0 Å². The van der Waals surface area contributed by atoms with E-state index < -0.39 is 23.6 Å². The third-order valence-corrected chi connectivity index (χ3v) is 0.855. The highest BCUT2D eigenvalue weighted by molar-refractivity contribution is 7.67. The maximum absolute atomic E-state index is 10.1. The lowest BCUT2D eigenvalue weighted by Crippen LogP contribution is -2.08. The summed E-state index contributed by atoms with van der Waals surface area (Å²) in [6.07, 6.45) is 0. The van der Waals surface area contributed by atoms with Crippen LogP contribution in [0.2, 0.25) is 0 Å². The van der Waals surface area contributed by atoms with Crippen LogP contribution in [-0.2, 0) is 24.7 Å². The van der Waals surface area contributed by atoms with E-state index in [-0.39, 0.29) is 0 Å². The molecular formula is C3H6O5S. The van der Waals surface area contributed by atoms with Gasteiger partial charge in [0.05, 0.1) is 7.11 Å². The number of thiol groups is 1. The summed E-state index contributed by atoms with van der Waals surface area (Å²) in [6, 6.07) is 0. The van der Waals surface area contributed by atoms with Gasteiger partial charge in [0.1, 0.15) is 0 Å². The van der Waals surface area contributed by atoms with Crippen molar-refractivity contribution in [1.82, 2.24) is 0 Å². The van der Waals surface area contributed by atoms with Gasteiger partial charge in [0, 0.05) is 0 Å². The molecule has 0 saturated heterocycles. The molecule has 0 atom stereocenters. The largest absolute Gasteiger partial charge is 0.467 e. The smallest absolute Gasteiger partial charge is 0.333 e. The van der Waals surface area contributed by atoms with Crippen LogP contribution < -0.4 is 0 Å². The van der Waals surface area contributed by atoms with E-state index in [4.69, 9.17) is 0 Å². The second kappa shape index (κ2) is 4.28. The van der Waals surface area contributed by atoms with Crippen molar-refractivity contribution in [3.05, 3.63) is 0 Å². The van der Waals surface area contributed by atoms with E-state index in [0.717, 1.165) is 7.11 Å². The molecule has 0 rings (SSSR count). The van der Waals surface area contributed by atoms with E-state index >= 15 is 0 Å². The Labute approximate surface area is 53.7 Å². The minimum absolute atomic E-state index is 0.546. The highest BCUT2D eigenvalue weighted by atomic mass is 32.2. The third kappa shape index (κ3) is 5.25. The second-order valence-electron chi connectivity index (χ2n) is 1.07. The Morgan fingerprint density at radius 3 is 2.44 bits per heavy atom. The lowest BCUT2D eigenvalue weighted by Gasteiger charge is -1.92. The topological polar surface area (TPSA) is 69.7 Å². The van der Waals surface area contributed by atoms with Crippen LogP contribution in [0.3, 0.4) is 0 Å². The number of carbonyl (C=O) groups is 1. The molecule has 54 valence electrons. The molecule has 0 unspecified atom stereocenters. The Balaban J connectivity index is 3.39. The molecule has 0 aliphatic carbocycles. The summed E-state index contributed by atoms with van der Waals surface area (Å²) < 4.78 is 27.2. The number of methoxy groups -OCH3 is 1. The van der Waals surface area contributed by atoms with Crippen molar-refractivity contribution < 1.29 is 22.1 Å². The minimum Gasteiger partial charge on any atom is -0.467 e. The molecule has 0 heterocycles. The lowest BCUT2D eigenvalue weighted by molar-refractivity contribution is -0.142. The first-order valence-corrected chi connectivity index (χ1v) is 3.10. The Kier molecular flexibility index (Phi) is 3.98. The predicted octanol–water partition coefficient (Wildman–Crippen LogP) is -1.30. The number of esters is 1. The zero-order valence-electron chi connectivity index (χ0n) is 4.70. The van der Waals surface area contributed by atoms with Crippen LogP contribution in [0.4, 0.5) is 0 Å². The summed E-state index contributed by atoms with van der Waals surface area (Å²) in [5, 5.41) is 0. The van der Waals surface area contributed by atoms with Gasteiger partial charge < -0.3 is 4.74 Å². The SMILES string of the molecule is COC(=O)CO[SH](=O)=O. The lowest BCUT2D eigenvalue weighted by atomic mass is 10.8. The zero-order chi connectivity index (χ0) is 7.28. The molecule has 0 radical (unpaired) electrons. The van der Waals surface area contributed by atoms with Gasteiger partial charge in [0.15, 0.2) is 6.61 Å². The van der Waals surface area contributed by atoms with Gasteiger partial charge in [-0.05, 0) is 0 Å². The van der Waals surface area contributed by atoms with Gasteiger partial charge in [0.2, 0.25) is 0 Å². The van der Waals surface area contributed by atoms with Crippen molar-refractivity contribution in [2.24, 2.45) is 0 Å². The molecule has 6 heteroatoms. The average Bonchev–Trinajstić information content (AvgIpc) is 1.83. The molecule has 0 bridgehead atoms. The van der Waals surface area contributed by atoms with Crippen molar-refractivity contribution >= 4 is 17.0 Å². The van der Waals surface area contributed by atoms with Gasteiger partial charge in [-0.1, -0.05) is 0 Å². The average molecular weight is 154 g/mol. The number of hydrogen-bond acceptors (Lipinski definition) is 5. The van der Waals surface area contributed by atoms with Crippen LogP contribution in [0.15, 0.2) is 0 Å². The first-order chi connectivity index (χ1) is 4.16. The maximum atomic E-state index is 10.1. The minimum atomic E-state index is -2.94. The highest BCUT2D eigenvalue weighted by Gasteiger charge is 1.98. The van der Waals surface area contributed by atoms with Gasteiger partial charge in [-0.3, -0.25) is 4.18 Å². The molecule has 5 nitrogen and oxygen atoms in total. The van der Waals surface area contributed by atoms with Gasteiger partial charge in [-0.25, -0.2) is 13.2 Å². The number of ether oxygens (including phenoxy) is 1. The Morgan fingerprint density at radius 2 is 2.11 bits per heavy atom. The molecule has 0 saturated carbocycles. The van der Waals surface area contributed by atoms with E-state index in [1.807, 2.05) is 0 Å². The molecular weight excluding hydrogens is 148 g/mol. The summed E-state index contributed by atoms with van der Waals surface area (Å²) in [5.74, 6) is -0.714. The Hall–Kier alpha value is -0.620. The van der Waals surface area contributed by atoms with E-state index in [1.54, 1.807) is 0 Å². The number of hydrogen-bond donors (Lipinski definition) is 1. The monoisotopic (exact) mass is 154 g/mol. The van der Waals surface area contributed by atoms with Crippen molar-refractivity contribution in [3.8, 4) is 0 Å². The fourth-order valence-corrected chi connectivity index (χ4v) is 0.375. The molecule has 9 heavy (non-hydrogen) atoms.